The van der Waals surface area contributed by atoms with E-state index < -0.39 is 5.82 Å². The highest BCUT2D eigenvalue weighted by molar-refractivity contribution is 5.66. The van der Waals surface area contributed by atoms with Crippen molar-refractivity contribution in [1.82, 2.24) is 10.2 Å². The van der Waals surface area contributed by atoms with Crippen molar-refractivity contribution in [2.24, 2.45) is 0 Å². The van der Waals surface area contributed by atoms with Crippen LogP contribution in [0.25, 0.3) is 11.3 Å². The van der Waals surface area contributed by atoms with E-state index in [0.717, 1.165) is 0 Å². The molecule has 0 fully saturated rings. The van der Waals surface area contributed by atoms with Crippen LogP contribution in [-0.2, 0) is 0 Å². The first-order valence-corrected chi connectivity index (χ1v) is 4.35. The third kappa shape index (κ3) is 1.56. The summed E-state index contributed by atoms with van der Waals surface area (Å²) in [6.07, 6.45) is 0. The van der Waals surface area contributed by atoms with Crippen molar-refractivity contribution in [3.05, 3.63) is 35.4 Å². The summed E-state index contributed by atoms with van der Waals surface area (Å²) in [5.74, 6) is -1.15. The Labute approximate surface area is 84.9 Å². The lowest BCUT2D eigenvalue weighted by Crippen LogP contribution is -1.89. The monoisotopic (exact) mass is 209 g/mol. The molecule has 1 heterocycles. The average molecular weight is 209 g/mol. The Morgan fingerprint density at radius 2 is 2.07 bits per heavy atom. The molecule has 0 aliphatic carbocycles. The van der Waals surface area contributed by atoms with E-state index in [1.54, 1.807) is 6.92 Å². The second-order valence-corrected chi connectivity index (χ2v) is 3.26. The largest absolute Gasteiger partial charge is 0.380 e. The van der Waals surface area contributed by atoms with E-state index in [-0.39, 0.29) is 17.3 Å². The minimum absolute atomic E-state index is 0.185. The van der Waals surface area contributed by atoms with Crippen molar-refractivity contribution in [2.75, 3.05) is 5.73 Å². The molecule has 15 heavy (non-hydrogen) atoms. The predicted molar refractivity (Wildman–Crippen MR) is 53.1 cm³/mol. The van der Waals surface area contributed by atoms with Gasteiger partial charge in [-0.3, -0.25) is 5.10 Å². The lowest BCUT2D eigenvalue weighted by molar-refractivity contribution is 0.625. The minimum Gasteiger partial charge on any atom is -0.380 e. The van der Waals surface area contributed by atoms with Crippen molar-refractivity contribution in [3.8, 4) is 11.3 Å². The van der Waals surface area contributed by atoms with Crippen molar-refractivity contribution >= 4 is 5.82 Å². The normalized spacial score (nSPS) is 10.6. The summed E-state index contributed by atoms with van der Waals surface area (Å²) in [4.78, 5) is 0. The third-order valence-corrected chi connectivity index (χ3v) is 2.19. The van der Waals surface area contributed by atoms with Crippen LogP contribution in [-0.4, -0.2) is 10.2 Å². The van der Waals surface area contributed by atoms with Gasteiger partial charge in [-0.15, -0.1) is 0 Å². The number of aromatic amines is 1. The summed E-state index contributed by atoms with van der Waals surface area (Å²) in [5, 5.41) is 6.02. The summed E-state index contributed by atoms with van der Waals surface area (Å²) in [6, 6.07) is 4.07. The Hall–Kier alpha value is -1.91. The van der Waals surface area contributed by atoms with E-state index in [2.05, 4.69) is 10.2 Å². The number of aromatic nitrogens is 2. The molecule has 3 nitrogen and oxygen atoms in total. The number of H-pyrrole nitrogens is 1. The van der Waals surface area contributed by atoms with E-state index in [4.69, 9.17) is 5.73 Å². The molecule has 0 aliphatic heterocycles. The molecule has 0 amide bonds. The molecule has 0 unspecified atom stereocenters. The molecule has 1 aromatic carbocycles. The van der Waals surface area contributed by atoms with Gasteiger partial charge in [-0.1, -0.05) is 0 Å². The highest BCUT2D eigenvalue weighted by Crippen LogP contribution is 2.26. The number of hydrogen-bond donors (Lipinski definition) is 2. The Bertz CT molecular complexity index is 505. The number of aryl methyl sites for hydroxylation is 1. The molecule has 0 atom stereocenters. The van der Waals surface area contributed by atoms with Crippen molar-refractivity contribution in [3.63, 3.8) is 0 Å². The van der Waals surface area contributed by atoms with Crippen LogP contribution in [0.5, 0.6) is 0 Å². The van der Waals surface area contributed by atoms with Crippen LogP contribution in [0, 0.1) is 18.6 Å². The fourth-order valence-electron chi connectivity index (χ4n) is 1.43. The van der Waals surface area contributed by atoms with Crippen molar-refractivity contribution in [2.45, 2.75) is 6.92 Å². The van der Waals surface area contributed by atoms with Gasteiger partial charge in [0.2, 0.25) is 0 Å². The molecule has 3 N–H and O–H groups in total. The number of anilines is 1. The first kappa shape index (κ1) is 9.64. The molecule has 78 valence electrons. The van der Waals surface area contributed by atoms with Crippen LogP contribution in [0.4, 0.5) is 14.6 Å². The fourth-order valence-corrected chi connectivity index (χ4v) is 1.43. The molecular formula is C10H9F2N3. The summed E-state index contributed by atoms with van der Waals surface area (Å²) >= 11 is 0. The Balaban J connectivity index is 2.59. The molecule has 0 saturated heterocycles. The number of nitrogens with one attached hydrogen (secondary N) is 1. The third-order valence-electron chi connectivity index (χ3n) is 2.19. The van der Waals surface area contributed by atoms with Crippen LogP contribution in [0.3, 0.4) is 0 Å². The maximum absolute atomic E-state index is 13.4. The Kier molecular flexibility index (Phi) is 2.15. The fraction of sp³-hybridized carbons (Fsp3) is 0.100. The number of benzene rings is 1. The molecule has 0 saturated carbocycles. The van der Waals surface area contributed by atoms with Crippen LogP contribution in [0.1, 0.15) is 5.56 Å². The van der Waals surface area contributed by atoms with Crippen molar-refractivity contribution < 1.29 is 8.78 Å². The number of halogens is 2. The summed E-state index contributed by atoms with van der Waals surface area (Å²) in [6.45, 7) is 1.69. The number of rotatable bonds is 1. The first-order valence-electron chi connectivity index (χ1n) is 4.35. The zero-order valence-electron chi connectivity index (χ0n) is 8.01. The van der Waals surface area contributed by atoms with Crippen molar-refractivity contribution in [1.29, 1.82) is 0 Å². The van der Waals surface area contributed by atoms with Gasteiger partial charge in [0.1, 0.15) is 11.5 Å². The predicted octanol–water partition coefficient (Wildman–Crippen LogP) is 2.25. The summed E-state index contributed by atoms with van der Waals surface area (Å²) < 4.78 is 26.2. The second-order valence-electron chi connectivity index (χ2n) is 3.26. The summed E-state index contributed by atoms with van der Waals surface area (Å²) in [7, 11) is 0. The van der Waals surface area contributed by atoms with Gasteiger partial charge in [-0.05, 0) is 30.7 Å². The van der Waals surface area contributed by atoms with Gasteiger partial charge in [-0.2, -0.15) is 5.10 Å². The van der Waals surface area contributed by atoms with E-state index in [9.17, 15) is 8.78 Å². The smallest absolute Gasteiger partial charge is 0.192 e. The molecule has 0 bridgehead atoms. The lowest BCUT2D eigenvalue weighted by Gasteiger charge is -2.02. The topological polar surface area (TPSA) is 54.7 Å². The molecule has 0 radical (unpaired) electrons. The van der Waals surface area contributed by atoms with Crippen LogP contribution in [0.15, 0.2) is 18.2 Å². The number of nitrogen functional groups attached to an aromatic ring is 1. The van der Waals surface area contributed by atoms with Gasteiger partial charge < -0.3 is 5.73 Å². The minimum atomic E-state index is -0.607. The zero-order valence-corrected chi connectivity index (χ0v) is 8.01. The van der Waals surface area contributed by atoms with E-state index >= 15 is 0 Å². The highest BCUT2D eigenvalue weighted by Gasteiger charge is 2.13. The van der Waals surface area contributed by atoms with Gasteiger partial charge >= 0.3 is 0 Å². The highest BCUT2D eigenvalue weighted by atomic mass is 19.1. The SMILES string of the molecule is Cc1cc(F)ccc1-c1[nH]nc(N)c1F. The summed E-state index contributed by atoms with van der Waals surface area (Å²) in [5.41, 5.74) is 6.63. The van der Waals surface area contributed by atoms with Gasteiger partial charge in [0, 0.05) is 5.56 Å². The van der Waals surface area contributed by atoms with Gasteiger partial charge in [0.25, 0.3) is 0 Å². The quantitative estimate of drug-likeness (QED) is 0.756. The van der Waals surface area contributed by atoms with E-state index in [0.29, 0.717) is 11.1 Å². The van der Waals surface area contributed by atoms with Gasteiger partial charge in [-0.25, -0.2) is 8.78 Å². The number of hydrogen-bond acceptors (Lipinski definition) is 2. The van der Waals surface area contributed by atoms with Crippen LogP contribution < -0.4 is 5.73 Å². The number of nitrogens with two attached hydrogens (primary N) is 1. The molecule has 2 aromatic rings. The molecule has 5 heteroatoms. The first-order chi connectivity index (χ1) is 7.09. The maximum Gasteiger partial charge on any atom is 0.192 e. The molecule has 1 aromatic heterocycles. The Morgan fingerprint density at radius 1 is 1.33 bits per heavy atom. The second kappa shape index (κ2) is 3.34. The number of nitrogens with zero attached hydrogens (tertiary/aromatic N) is 1. The molecular weight excluding hydrogens is 200 g/mol. The van der Waals surface area contributed by atoms with Crippen LogP contribution in [0.2, 0.25) is 0 Å². The van der Waals surface area contributed by atoms with E-state index in [1.807, 2.05) is 0 Å². The van der Waals surface area contributed by atoms with Gasteiger partial charge in [0.05, 0.1) is 0 Å². The van der Waals surface area contributed by atoms with E-state index in [1.165, 1.54) is 18.2 Å². The molecule has 0 spiro atoms. The maximum atomic E-state index is 13.4. The average Bonchev–Trinajstić information content (AvgIpc) is 2.49. The lowest BCUT2D eigenvalue weighted by atomic mass is 10.1. The van der Waals surface area contributed by atoms with Gasteiger partial charge in [0.15, 0.2) is 11.6 Å². The van der Waals surface area contributed by atoms with Crippen LogP contribution >= 0.6 is 0 Å². The Morgan fingerprint density at radius 3 is 2.60 bits per heavy atom. The zero-order chi connectivity index (χ0) is 11.0. The molecule has 0 aliphatic rings. The molecule has 2 rings (SSSR count). The standard InChI is InChI=1S/C10H9F2N3/c1-5-4-6(11)2-3-7(5)9-8(12)10(13)15-14-9/h2-4H,1H3,(H3,13,14,15).